The first kappa shape index (κ1) is 23.8. The predicted molar refractivity (Wildman–Crippen MR) is 128 cm³/mol. The first-order chi connectivity index (χ1) is 17.3. The van der Waals surface area contributed by atoms with E-state index in [1.165, 1.54) is 17.7 Å². The highest BCUT2D eigenvalue weighted by atomic mass is 19.4. The van der Waals surface area contributed by atoms with Crippen molar-refractivity contribution in [3.8, 4) is 5.75 Å². The van der Waals surface area contributed by atoms with E-state index in [9.17, 15) is 18.0 Å². The molecule has 0 bridgehead atoms. The Labute approximate surface area is 205 Å². The van der Waals surface area contributed by atoms with E-state index in [4.69, 9.17) is 10.7 Å². The molecule has 2 atom stereocenters. The zero-order valence-corrected chi connectivity index (χ0v) is 19.4. The van der Waals surface area contributed by atoms with E-state index in [0.717, 1.165) is 30.4 Å². The van der Waals surface area contributed by atoms with Crippen LogP contribution in [-0.4, -0.2) is 26.8 Å². The third kappa shape index (κ3) is 5.05. The second-order valence-corrected chi connectivity index (χ2v) is 9.06. The number of hydrogen-bond donors (Lipinski definition) is 1. The standard InChI is InChI=1S/C27H25F3N4O2/c28-27(29,30)36-19-12-10-17(11-13-19)16-34-24(33-23-9-4-14-32-26(23)34)15-22(25(31)35)21-8-3-6-18-5-1-2-7-20(18)21/h1-2,4-5,7,9-14,21-22H,3,6,8,15-16H2,(H2,31,35)/t21?,22-/m0/s1. The molecule has 4 aromatic rings. The Morgan fingerprint density at radius 3 is 2.64 bits per heavy atom. The summed E-state index contributed by atoms with van der Waals surface area (Å²) in [6.45, 7) is 0.321. The lowest BCUT2D eigenvalue weighted by atomic mass is 9.74. The largest absolute Gasteiger partial charge is 0.573 e. The minimum atomic E-state index is -4.75. The summed E-state index contributed by atoms with van der Waals surface area (Å²) in [5.41, 5.74) is 10.4. The lowest BCUT2D eigenvalue weighted by molar-refractivity contribution is -0.274. The minimum Gasteiger partial charge on any atom is -0.406 e. The van der Waals surface area contributed by atoms with Crippen LogP contribution in [0.2, 0.25) is 0 Å². The fourth-order valence-corrected chi connectivity index (χ4v) is 5.15. The van der Waals surface area contributed by atoms with E-state index >= 15 is 0 Å². The lowest BCUT2D eigenvalue weighted by Gasteiger charge is -2.30. The molecule has 5 rings (SSSR count). The van der Waals surface area contributed by atoms with Gasteiger partial charge in [-0.1, -0.05) is 36.4 Å². The molecule has 1 amide bonds. The first-order valence-corrected chi connectivity index (χ1v) is 11.8. The fourth-order valence-electron chi connectivity index (χ4n) is 5.15. The maximum absolute atomic E-state index is 12.7. The molecule has 1 aliphatic rings. The zero-order chi connectivity index (χ0) is 25.3. The zero-order valence-electron chi connectivity index (χ0n) is 19.4. The van der Waals surface area contributed by atoms with E-state index in [0.29, 0.717) is 30.0 Å². The van der Waals surface area contributed by atoms with Gasteiger partial charge in [0.15, 0.2) is 5.65 Å². The maximum atomic E-state index is 12.7. The van der Waals surface area contributed by atoms with Crippen LogP contribution in [0.25, 0.3) is 11.2 Å². The summed E-state index contributed by atoms with van der Waals surface area (Å²) in [6.07, 6.45) is 0.0717. The van der Waals surface area contributed by atoms with Gasteiger partial charge in [-0.15, -0.1) is 13.2 Å². The molecule has 2 aromatic heterocycles. The number of aryl methyl sites for hydroxylation is 1. The van der Waals surface area contributed by atoms with Crippen molar-refractivity contribution in [2.75, 3.05) is 0 Å². The predicted octanol–water partition coefficient (Wildman–Crippen LogP) is 5.14. The molecule has 2 aromatic carbocycles. The molecule has 0 spiro atoms. The van der Waals surface area contributed by atoms with Gasteiger partial charge in [-0.05, 0) is 66.1 Å². The fraction of sp³-hybridized carbons (Fsp3) is 0.296. The number of ether oxygens (including phenoxy) is 1. The molecular weight excluding hydrogens is 469 g/mol. The summed E-state index contributed by atoms with van der Waals surface area (Å²) >= 11 is 0. The molecule has 2 N–H and O–H groups in total. The first-order valence-electron chi connectivity index (χ1n) is 11.8. The topological polar surface area (TPSA) is 83.0 Å². The smallest absolute Gasteiger partial charge is 0.406 e. The highest BCUT2D eigenvalue weighted by Crippen LogP contribution is 2.38. The molecular formula is C27H25F3N4O2. The number of primary amides is 1. The summed E-state index contributed by atoms with van der Waals surface area (Å²) in [5, 5.41) is 0. The van der Waals surface area contributed by atoms with Crippen molar-refractivity contribution >= 4 is 17.1 Å². The van der Waals surface area contributed by atoms with Crippen molar-refractivity contribution in [1.82, 2.24) is 14.5 Å². The van der Waals surface area contributed by atoms with Gasteiger partial charge in [-0.3, -0.25) is 4.79 Å². The van der Waals surface area contributed by atoms with Crippen molar-refractivity contribution < 1.29 is 22.7 Å². The van der Waals surface area contributed by atoms with Gasteiger partial charge in [0.25, 0.3) is 0 Å². The van der Waals surface area contributed by atoms with Crippen molar-refractivity contribution in [3.05, 3.63) is 89.4 Å². The Balaban J connectivity index is 1.47. The van der Waals surface area contributed by atoms with E-state index in [1.54, 1.807) is 24.4 Å². The number of carbonyl (C=O) groups is 1. The number of fused-ring (bicyclic) bond motifs is 2. The summed E-state index contributed by atoms with van der Waals surface area (Å²) in [4.78, 5) is 22.0. The Morgan fingerprint density at radius 1 is 1.11 bits per heavy atom. The van der Waals surface area contributed by atoms with Crippen LogP contribution in [0.5, 0.6) is 5.75 Å². The molecule has 1 aliphatic carbocycles. The maximum Gasteiger partial charge on any atom is 0.573 e. The molecule has 0 aliphatic heterocycles. The average molecular weight is 495 g/mol. The van der Waals surface area contributed by atoms with Crippen LogP contribution in [0.4, 0.5) is 13.2 Å². The van der Waals surface area contributed by atoms with Crippen LogP contribution < -0.4 is 10.5 Å². The van der Waals surface area contributed by atoms with Gasteiger partial charge in [-0.2, -0.15) is 0 Å². The van der Waals surface area contributed by atoms with Crippen LogP contribution in [0.15, 0.2) is 66.9 Å². The van der Waals surface area contributed by atoms with Crippen molar-refractivity contribution in [2.45, 2.75) is 44.5 Å². The summed E-state index contributed by atoms with van der Waals surface area (Å²) < 4.78 is 43.5. The number of pyridine rings is 1. The second-order valence-electron chi connectivity index (χ2n) is 9.06. The number of amides is 1. The monoisotopic (exact) mass is 494 g/mol. The van der Waals surface area contributed by atoms with Crippen molar-refractivity contribution in [1.29, 1.82) is 0 Å². The number of halogens is 3. The summed E-state index contributed by atoms with van der Waals surface area (Å²) in [7, 11) is 0. The number of imidazole rings is 1. The van der Waals surface area contributed by atoms with E-state index in [1.807, 2.05) is 22.8 Å². The SMILES string of the molecule is NC(=O)[C@@H](Cc1nc2cccnc2n1Cc1ccc(OC(F)(F)F)cc1)C1CCCc2ccccc21. The van der Waals surface area contributed by atoms with Crippen LogP contribution >= 0.6 is 0 Å². The van der Waals surface area contributed by atoms with Crippen LogP contribution in [0.1, 0.15) is 41.3 Å². The van der Waals surface area contributed by atoms with Gasteiger partial charge in [0, 0.05) is 12.6 Å². The van der Waals surface area contributed by atoms with Gasteiger partial charge in [0.1, 0.15) is 17.1 Å². The van der Waals surface area contributed by atoms with Crippen molar-refractivity contribution in [3.63, 3.8) is 0 Å². The number of hydrogen-bond acceptors (Lipinski definition) is 4. The minimum absolute atomic E-state index is 0.00697. The number of alkyl halides is 3. The van der Waals surface area contributed by atoms with Gasteiger partial charge < -0.3 is 15.0 Å². The summed E-state index contributed by atoms with van der Waals surface area (Å²) in [5.74, 6) is -0.468. The molecule has 0 radical (unpaired) electrons. The Morgan fingerprint density at radius 2 is 1.89 bits per heavy atom. The normalized spacial score (nSPS) is 16.5. The Bertz CT molecular complexity index is 1380. The molecule has 0 fully saturated rings. The molecule has 0 saturated carbocycles. The van der Waals surface area contributed by atoms with Gasteiger partial charge in [-0.25, -0.2) is 9.97 Å². The average Bonchev–Trinajstić information content (AvgIpc) is 3.19. The van der Waals surface area contributed by atoms with Crippen LogP contribution in [0.3, 0.4) is 0 Å². The molecule has 186 valence electrons. The number of aromatic nitrogens is 3. The molecule has 2 heterocycles. The van der Waals surface area contributed by atoms with E-state index < -0.39 is 12.3 Å². The Kier molecular flexibility index (Phi) is 6.38. The lowest BCUT2D eigenvalue weighted by Crippen LogP contribution is -2.33. The summed E-state index contributed by atoms with van der Waals surface area (Å²) in [6, 6.07) is 17.5. The quantitative estimate of drug-likeness (QED) is 0.386. The third-order valence-electron chi connectivity index (χ3n) is 6.75. The molecule has 1 unspecified atom stereocenters. The van der Waals surface area contributed by atoms with Crippen LogP contribution in [0, 0.1) is 5.92 Å². The number of nitrogens with two attached hydrogens (primary N) is 1. The van der Waals surface area contributed by atoms with Crippen molar-refractivity contribution in [2.24, 2.45) is 11.7 Å². The van der Waals surface area contributed by atoms with E-state index in [-0.39, 0.29) is 17.6 Å². The van der Waals surface area contributed by atoms with Crippen LogP contribution in [-0.2, 0) is 24.2 Å². The Hall–Kier alpha value is -3.88. The molecule has 9 heteroatoms. The number of nitrogens with zero attached hydrogens (tertiary/aromatic N) is 3. The molecule has 6 nitrogen and oxygen atoms in total. The van der Waals surface area contributed by atoms with Gasteiger partial charge in [0.2, 0.25) is 5.91 Å². The number of rotatable bonds is 7. The highest BCUT2D eigenvalue weighted by molar-refractivity contribution is 5.78. The number of benzene rings is 2. The second kappa shape index (κ2) is 9.64. The number of carbonyl (C=O) groups excluding carboxylic acids is 1. The van der Waals surface area contributed by atoms with E-state index in [2.05, 4.69) is 21.9 Å². The third-order valence-corrected chi connectivity index (χ3v) is 6.75. The molecule has 0 saturated heterocycles. The molecule has 36 heavy (non-hydrogen) atoms. The van der Waals surface area contributed by atoms with Gasteiger partial charge in [0.05, 0.1) is 12.5 Å². The van der Waals surface area contributed by atoms with Gasteiger partial charge >= 0.3 is 6.36 Å². The highest BCUT2D eigenvalue weighted by Gasteiger charge is 2.33.